The van der Waals surface area contributed by atoms with E-state index in [0.29, 0.717) is 12.0 Å². The normalized spacial score (nSPS) is 30.4. The van der Waals surface area contributed by atoms with Gasteiger partial charge in [0.05, 0.1) is 72.9 Å². The van der Waals surface area contributed by atoms with Crippen molar-refractivity contribution in [3.63, 3.8) is 0 Å². The van der Waals surface area contributed by atoms with Crippen molar-refractivity contribution in [3.8, 4) is 34.1 Å². The molecule has 2 heterocycles. The smallest absolute Gasteiger partial charge is 0.196 e. The van der Waals surface area contributed by atoms with Gasteiger partial charge in [-0.3, -0.25) is 14.4 Å². The Hall–Kier alpha value is -3.73. The topological polar surface area (TPSA) is 149 Å². The van der Waals surface area contributed by atoms with Crippen molar-refractivity contribution in [2.24, 2.45) is 11.8 Å². The third-order valence-corrected chi connectivity index (χ3v) is 9.19. The van der Waals surface area contributed by atoms with E-state index in [9.17, 15) is 29.7 Å². The summed E-state index contributed by atoms with van der Waals surface area (Å²) in [6.07, 6.45) is -1.96. The number of aromatic hydroxyl groups is 2. The molecular weight excluding hydrogens is 544 g/mol. The maximum absolute atomic E-state index is 13.9. The second kappa shape index (κ2) is 9.93. The largest absolute Gasteiger partial charge is 0.506 e. The van der Waals surface area contributed by atoms with Gasteiger partial charge < -0.3 is 34.3 Å². The number of phenols is 2. The molecule has 0 bridgehead atoms. The predicted molar refractivity (Wildman–Crippen MR) is 150 cm³/mol. The van der Waals surface area contributed by atoms with Gasteiger partial charge in [0.1, 0.15) is 23.0 Å². The first kappa shape index (κ1) is 28.4. The summed E-state index contributed by atoms with van der Waals surface area (Å²) in [5, 5.41) is 34.8. The Balaban J connectivity index is 1.59. The predicted octanol–water partition coefficient (Wildman–Crippen LogP) is 4.31. The molecular formula is C32H34O10. The van der Waals surface area contributed by atoms with Crippen LogP contribution in [0, 0.1) is 11.8 Å². The van der Waals surface area contributed by atoms with Gasteiger partial charge in [-0.05, 0) is 51.8 Å². The summed E-state index contributed by atoms with van der Waals surface area (Å²) >= 11 is 0. The van der Waals surface area contributed by atoms with Crippen molar-refractivity contribution < 1.29 is 48.7 Å². The minimum atomic E-state index is -1.08. The molecule has 2 aliphatic carbocycles. The van der Waals surface area contributed by atoms with Crippen LogP contribution in [0.5, 0.6) is 23.0 Å². The molecule has 0 spiro atoms. The zero-order chi connectivity index (χ0) is 30.4. The number of aliphatic hydroxyl groups excluding tert-OH is 1. The number of carbonyl (C=O) groups is 3. The van der Waals surface area contributed by atoms with Crippen molar-refractivity contribution in [1.82, 2.24) is 0 Å². The molecule has 42 heavy (non-hydrogen) atoms. The molecule has 1 fully saturated rings. The van der Waals surface area contributed by atoms with E-state index in [-0.39, 0.29) is 69.1 Å². The number of ketones is 3. The van der Waals surface area contributed by atoms with Crippen LogP contribution in [-0.2, 0) is 9.47 Å². The van der Waals surface area contributed by atoms with Crippen molar-refractivity contribution in [2.45, 2.75) is 71.1 Å². The molecule has 2 aromatic carbocycles. The summed E-state index contributed by atoms with van der Waals surface area (Å²) < 4.78 is 22.9. The average Bonchev–Trinajstić information content (AvgIpc) is 2.93. The van der Waals surface area contributed by atoms with Gasteiger partial charge in [-0.25, -0.2) is 0 Å². The number of hydrogen-bond donors (Lipinski definition) is 3. The molecule has 222 valence electrons. The number of carbonyl (C=O) groups excluding carboxylic acids is 3. The molecule has 2 aliphatic heterocycles. The molecule has 0 aromatic heterocycles. The summed E-state index contributed by atoms with van der Waals surface area (Å²) in [4.78, 5) is 41.3. The fraction of sp³-hybridized carbons (Fsp3) is 0.469. The number of aliphatic hydroxyl groups is 1. The number of methoxy groups -OCH3 is 2. The molecule has 0 saturated carbocycles. The van der Waals surface area contributed by atoms with Gasteiger partial charge >= 0.3 is 0 Å². The highest BCUT2D eigenvalue weighted by molar-refractivity contribution is 6.29. The molecule has 7 unspecified atom stereocenters. The maximum atomic E-state index is 13.9. The minimum absolute atomic E-state index is 0.0111. The zero-order valence-electron chi connectivity index (χ0n) is 24.3. The molecule has 7 atom stereocenters. The maximum Gasteiger partial charge on any atom is 0.196 e. The van der Waals surface area contributed by atoms with Crippen molar-refractivity contribution in [1.29, 1.82) is 0 Å². The molecule has 3 N–H and O–H groups in total. The summed E-state index contributed by atoms with van der Waals surface area (Å²) in [7, 11) is 2.67. The lowest BCUT2D eigenvalue weighted by atomic mass is 9.67. The van der Waals surface area contributed by atoms with E-state index in [4.69, 9.17) is 18.9 Å². The second-order valence-corrected chi connectivity index (χ2v) is 11.7. The standard InChI is InChI=1S/C32H34O10/c1-11-7-15-21(13(3)41-11)29(35)23-17(27(15)33)9-19(39-5)25(31(23)37)26-20(40-6)10-18-24(32(26)38)30(36)22-14(4)42-12(2)8-16(22)28(18)34/h9-15,21,27,33,37-38H,7-8H2,1-6H3. The molecule has 10 heteroatoms. The number of benzene rings is 2. The van der Waals surface area contributed by atoms with Crippen LogP contribution in [0.4, 0.5) is 0 Å². The van der Waals surface area contributed by atoms with Crippen LogP contribution in [0.25, 0.3) is 11.1 Å². The molecule has 0 amide bonds. The summed E-state index contributed by atoms with van der Waals surface area (Å²) in [6, 6.07) is 2.83. The molecule has 4 aliphatic rings. The van der Waals surface area contributed by atoms with E-state index in [2.05, 4.69) is 0 Å². The second-order valence-electron chi connectivity index (χ2n) is 11.7. The lowest BCUT2D eigenvalue weighted by molar-refractivity contribution is -0.110. The van der Waals surface area contributed by atoms with E-state index >= 15 is 0 Å². The first-order valence-electron chi connectivity index (χ1n) is 14.1. The van der Waals surface area contributed by atoms with Crippen LogP contribution in [0.1, 0.15) is 83.3 Å². The zero-order valence-corrected chi connectivity index (χ0v) is 24.3. The minimum Gasteiger partial charge on any atom is -0.506 e. The molecule has 0 radical (unpaired) electrons. The number of hydrogen-bond acceptors (Lipinski definition) is 10. The van der Waals surface area contributed by atoms with Gasteiger partial charge in [0.15, 0.2) is 17.3 Å². The van der Waals surface area contributed by atoms with Gasteiger partial charge in [-0.2, -0.15) is 0 Å². The monoisotopic (exact) mass is 578 g/mol. The highest BCUT2D eigenvalue weighted by Crippen LogP contribution is 2.56. The van der Waals surface area contributed by atoms with Crippen LogP contribution in [0.3, 0.4) is 0 Å². The van der Waals surface area contributed by atoms with E-state index in [1.165, 1.54) is 26.4 Å². The first-order valence-corrected chi connectivity index (χ1v) is 14.1. The number of ether oxygens (including phenoxy) is 4. The van der Waals surface area contributed by atoms with Crippen LogP contribution >= 0.6 is 0 Å². The van der Waals surface area contributed by atoms with Gasteiger partial charge in [0.25, 0.3) is 0 Å². The van der Waals surface area contributed by atoms with Gasteiger partial charge in [-0.1, -0.05) is 0 Å². The Morgan fingerprint density at radius 3 is 2.07 bits per heavy atom. The van der Waals surface area contributed by atoms with Gasteiger partial charge in [0.2, 0.25) is 0 Å². The Kier molecular flexibility index (Phi) is 6.71. The summed E-state index contributed by atoms with van der Waals surface area (Å²) in [5.41, 5.74) is 0.131. The van der Waals surface area contributed by atoms with Crippen molar-refractivity contribution >= 4 is 17.3 Å². The molecule has 1 saturated heterocycles. The Labute approximate surface area is 242 Å². The Bertz CT molecular complexity index is 1590. The number of Topliss-reactive ketones (excluding diaryl/α,β-unsaturated/α-hetero) is 3. The van der Waals surface area contributed by atoms with Gasteiger partial charge in [0, 0.05) is 29.0 Å². The van der Waals surface area contributed by atoms with E-state index in [0.717, 1.165) is 0 Å². The fourth-order valence-electron chi connectivity index (χ4n) is 7.47. The van der Waals surface area contributed by atoms with Gasteiger partial charge in [-0.15, -0.1) is 0 Å². The lowest BCUT2D eigenvalue weighted by Gasteiger charge is -2.44. The first-order chi connectivity index (χ1) is 19.9. The van der Waals surface area contributed by atoms with E-state index < -0.39 is 59.0 Å². The molecule has 2 aromatic rings. The quantitative estimate of drug-likeness (QED) is 0.481. The Morgan fingerprint density at radius 2 is 1.43 bits per heavy atom. The Morgan fingerprint density at radius 1 is 0.810 bits per heavy atom. The SMILES string of the molecule is COc1cc2c(c(O)c1-c1c(OC)cc3c(c1O)C(=O)C1C(C)OC(C)CC1C3O)C(=O)C1=C(CC(C)OC1C)C2=O. The fourth-order valence-corrected chi connectivity index (χ4v) is 7.47. The van der Waals surface area contributed by atoms with E-state index in [1.54, 1.807) is 13.8 Å². The number of rotatable bonds is 3. The van der Waals surface area contributed by atoms with Crippen molar-refractivity contribution in [2.75, 3.05) is 14.2 Å². The van der Waals surface area contributed by atoms with Crippen molar-refractivity contribution in [3.05, 3.63) is 45.5 Å². The number of phenolic OH excluding ortho intramolecular Hbond substituents is 2. The van der Waals surface area contributed by atoms with Crippen LogP contribution in [0.15, 0.2) is 23.3 Å². The summed E-state index contributed by atoms with van der Waals surface area (Å²) in [6.45, 7) is 7.16. The number of fused-ring (bicyclic) bond motifs is 3. The third kappa shape index (κ3) is 3.85. The third-order valence-electron chi connectivity index (χ3n) is 9.19. The lowest BCUT2D eigenvalue weighted by Crippen LogP contribution is -2.48. The highest BCUT2D eigenvalue weighted by Gasteiger charge is 2.50. The van der Waals surface area contributed by atoms with E-state index in [1.807, 2.05) is 13.8 Å². The summed E-state index contributed by atoms with van der Waals surface area (Å²) in [5.74, 6) is -3.60. The molecule has 6 rings (SSSR count). The van der Waals surface area contributed by atoms with Crippen LogP contribution in [0.2, 0.25) is 0 Å². The average molecular weight is 579 g/mol. The molecule has 10 nitrogen and oxygen atoms in total. The van der Waals surface area contributed by atoms with Crippen LogP contribution in [-0.4, -0.2) is 71.3 Å². The van der Waals surface area contributed by atoms with Crippen LogP contribution < -0.4 is 9.47 Å². The highest BCUT2D eigenvalue weighted by atomic mass is 16.5.